The van der Waals surface area contributed by atoms with Gasteiger partial charge in [-0.2, -0.15) is 0 Å². The topological polar surface area (TPSA) is 56.7 Å². The Kier molecular flexibility index (Phi) is 8.17. The van der Waals surface area contributed by atoms with Gasteiger partial charge in [0, 0.05) is 52.8 Å². The summed E-state index contributed by atoms with van der Waals surface area (Å²) >= 11 is 1.83. The zero-order valence-corrected chi connectivity index (χ0v) is 37.7. The van der Waals surface area contributed by atoms with Crippen molar-refractivity contribution >= 4 is 108 Å². The number of para-hydroxylation sites is 2. The molecule has 0 spiro atoms. The zero-order chi connectivity index (χ0) is 45.2. The molecule has 0 fully saturated rings. The summed E-state index contributed by atoms with van der Waals surface area (Å²) in [6.45, 7) is 0. The normalized spacial score (nSPS) is 12.1. The maximum absolute atomic E-state index is 6.67. The largest absolute Gasteiger partial charge is 0.455 e. The van der Waals surface area contributed by atoms with Crippen LogP contribution in [0.5, 0.6) is 0 Å². The molecule has 0 saturated carbocycles. The van der Waals surface area contributed by atoms with Gasteiger partial charge in [0.15, 0.2) is 17.5 Å². The molecule has 6 heteroatoms. The average Bonchev–Trinajstić information content (AvgIpc) is 4.08. The number of furan rings is 1. The fraction of sp³-hybridized carbons (Fsp3) is 0. The Labute approximate surface area is 398 Å². The Morgan fingerprint density at radius 1 is 0.348 bits per heavy atom. The van der Waals surface area contributed by atoms with Gasteiger partial charge in [-0.25, -0.2) is 15.0 Å². The van der Waals surface area contributed by atoms with Crippen molar-refractivity contribution in [3.8, 4) is 51.0 Å². The number of nitrogens with zero attached hydrogens (tertiary/aromatic N) is 4. The van der Waals surface area contributed by atoms with Crippen molar-refractivity contribution in [3.05, 3.63) is 218 Å². The molecule has 69 heavy (non-hydrogen) atoms. The monoisotopic (exact) mass is 896 g/mol. The van der Waals surface area contributed by atoms with Crippen LogP contribution < -0.4 is 0 Å². The molecule has 0 N–H and O–H groups in total. The first-order valence-electron chi connectivity index (χ1n) is 23.2. The van der Waals surface area contributed by atoms with Crippen LogP contribution in [0.2, 0.25) is 0 Å². The van der Waals surface area contributed by atoms with Crippen LogP contribution in [0.3, 0.4) is 0 Å². The lowest BCUT2D eigenvalue weighted by Gasteiger charge is -2.17. The maximum atomic E-state index is 6.67. The third-order valence-electron chi connectivity index (χ3n) is 14.0. The molecule has 320 valence electrons. The molecule has 11 aromatic carbocycles. The molecule has 0 aliphatic rings. The summed E-state index contributed by atoms with van der Waals surface area (Å²) in [5.41, 5.74) is 9.70. The number of fused-ring (bicyclic) bond motifs is 13. The lowest BCUT2D eigenvalue weighted by atomic mass is 10.0. The lowest BCUT2D eigenvalue weighted by molar-refractivity contribution is 0.669. The Bertz CT molecular complexity index is 4600. The number of benzene rings is 11. The number of thiophene rings is 1. The molecule has 0 bridgehead atoms. The predicted molar refractivity (Wildman–Crippen MR) is 289 cm³/mol. The summed E-state index contributed by atoms with van der Waals surface area (Å²) in [5, 5.41) is 14.0. The molecule has 4 aromatic heterocycles. The van der Waals surface area contributed by atoms with Crippen LogP contribution in [0.15, 0.2) is 223 Å². The van der Waals surface area contributed by atoms with Gasteiger partial charge < -0.3 is 8.98 Å². The number of rotatable bonds is 5. The average molecular weight is 897 g/mol. The second-order valence-corrected chi connectivity index (χ2v) is 19.0. The molecule has 15 rings (SSSR count). The molecule has 0 unspecified atom stereocenters. The van der Waals surface area contributed by atoms with Gasteiger partial charge in [-0.1, -0.05) is 164 Å². The molecular weight excluding hydrogens is 861 g/mol. The Morgan fingerprint density at radius 2 is 0.957 bits per heavy atom. The first-order valence-corrected chi connectivity index (χ1v) is 24.1. The van der Waals surface area contributed by atoms with E-state index in [1.807, 2.05) is 29.5 Å². The predicted octanol–water partition coefficient (Wildman–Crippen LogP) is 17.4. The summed E-state index contributed by atoms with van der Waals surface area (Å²) in [4.78, 5) is 16.4. The van der Waals surface area contributed by atoms with Crippen LogP contribution in [0, 0.1) is 0 Å². The minimum Gasteiger partial charge on any atom is -0.455 e. The highest BCUT2D eigenvalue weighted by Gasteiger charge is 2.26. The van der Waals surface area contributed by atoms with Gasteiger partial charge in [-0.15, -0.1) is 11.3 Å². The van der Waals surface area contributed by atoms with Crippen LogP contribution in [0.25, 0.3) is 147 Å². The van der Waals surface area contributed by atoms with Gasteiger partial charge in [0.05, 0.1) is 22.3 Å². The summed E-state index contributed by atoms with van der Waals surface area (Å²) in [6.07, 6.45) is 0. The first kappa shape index (κ1) is 38.2. The van der Waals surface area contributed by atoms with Crippen LogP contribution in [0.1, 0.15) is 0 Å². The van der Waals surface area contributed by atoms with Gasteiger partial charge in [-0.05, 0) is 98.0 Å². The van der Waals surface area contributed by atoms with E-state index < -0.39 is 0 Å². The lowest BCUT2D eigenvalue weighted by Crippen LogP contribution is -2.04. The second-order valence-electron chi connectivity index (χ2n) is 17.9. The fourth-order valence-electron chi connectivity index (χ4n) is 10.8. The van der Waals surface area contributed by atoms with Crippen molar-refractivity contribution < 1.29 is 4.42 Å². The molecule has 4 heterocycles. The van der Waals surface area contributed by atoms with Gasteiger partial charge >= 0.3 is 0 Å². The minimum absolute atomic E-state index is 0.540. The number of hydrogen-bond acceptors (Lipinski definition) is 5. The number of aromatic nitrogens is 4. The van der Waals surface area contributed by atoms with Crippen LogP contribution in [-0.2, 0) is 0 Å². The van der Waals surface area contributed by atoms with E-state index in [0.29, 0.717) is 17.5 Å². The van der Waals surface area contributed by atoms with E-state index in [9.17, 15) is 0 Å². The maximum Gasteiger partial charge on any atom is 0.167 e. The molecule has 0 amide bonds. The summed E-state index contributed by atoms with van der Waals surface area (Å²) in [5.74, 6) is 1.69. The SMILES string of the molecule is c1ccc(-c2ccc(-c3nc(-c4ccc5sc6cc7ccccc7cc6c5c4-n4c5cc6ccccc6cc5c5c6ccccc6ccc54)nc(-c4cccc5c4oc4ccccc45)n3)cc2)cc1. The van der Waals surface area contributed by atoms with Crippen molar-refractivity contribution in [2.75, 3.05) is 0 Å². The molecule has 5 nitrogen and oxygen atoms in total. The molecule has 0 aliphatic carbocycles. The summed E-state index contributed by atoms with van der Waals surface area (Å²) in [7, 11) is 0. The van der Waals surface area contributed by atoms with Crippen LogP contribution >= 0.6 is 11.3 Å². The Morgan fingerprint density at radius 3 is 1.75 bits per heavy atom. The zero-order valence-electron chi connectivity index (χ0n) is 36.9. The molecule has 15 aromatic rings. The highest BCUT2D eigenvalue weighted by molar-refractivity contribution is 7.26. The summed E-state index contributed by atoms with van der Waals surface area (Å²) in [6, 6.07) is 78.1. The van der Waals surface area contributed by atoms with Crippen LogP contribution in [-0.4, -0.2) is 19.5 Å². The number of hydrogen-bond donors (Lipinski definition) is 0. The van der Waals surface area contributed by atoms with E-state index in [2.05, 4.69) is 205 Å². The quantitative estimate of drug-likeness (QED) is 0.173. The van der Waals surface area contributed by atoms with E-state index in [0.717, 1.165) is 71.9 Å². The van der Waals surface area contributed by atoms with Crippen LogP contribution in [0.4, 0.5) is 0 Å². The van der Waals surface area contributed by atoms with E-state index in [1.54, 1.807) is 0 Å². The third-order valence-corrected chi connectivity index (χ3v) is 15.1. The van der Waals surface area contributed by atoms with Gasteiger partial charge in [0.1, 0.15) is 11.2 Å². The van der Waals surface area contributed by atoms with Gasteiger partial charge in [0.25, 0.3) is 0 Å². The van der Waals surface area contributed by atoms with Crippen molar-refractivity contribution in [1.29, 1.82) is 0 Å². The molecule has 0 aliphatic heterocycles. The molecule has 0 atom stereocenters. The summed E-state index contributed by atoms with van der Waals surface area (Å²) < 4.78 is 11.6. The van der Waals surface area contributed by atoms with Gasteiger partial charge in [-0.3, -0.25) is 0 Å². The van der Waals surface area contributed by atoms with E-state index >= 15 is 0 Å². The first-order chi connectivity index (χ1) is 34.2. The smallest absolute Gasteiger partial charge is 0.167 e. The minimum atomic E-state index is 0.540. The highest BCUT2D eigenvalue weighted by Crippen LogP contribution is 2.48. The standard InChI is InChI=1S/C63H36N4OS/c1-2-13-37(14-3-1)38-25-27-40(28-26-38)61-64-62(66-63(65-61)49-23-12-22-47-46-21-10-11-24-54(46)68-60(47)49)48-30-32-55-58(51-34-42-17-5-7-19-44(42)36-56(51)69-55)59(48)67-52-31-29-39-15-8-9-20-45(39)57(52)50-33-41-16-4-6-18-43(41)35-53(50)67/h1-36H. The van der Waals surface area contributed by atoms with Crippen molar-refractivity contribution in [2.24, 2.45) is 0 Å². The van der Waals surface area contributed by atoms with E-state index in [4.69, 9.17) is 19.4 Å². The van der Waals surface area contributed by atoms with Crippen molar-refractivity contribution in [3.63, 3.8) is 0 Å². The van der Waals surface area contributed by atoms with Gasteiger partial charge in [0.2, 0.25) is 0 Å². The molecule has 0 saturated heterocycles. The van der Waals surface area contributed by atoms with Crippen molar-refractivity contribution in [2.45, 2.75) is 0 Å². The molecular formula is C63H36N4OS. The fourth-order valence-corrected chi connectivity index (χ4v) is 11.9. The van der Waals surface area contributed by atoms with E-state index in [-0.39, 0.29) is 0 Å². The Balaban J connectivity index is 1.09. The second kappa shape index (κ2) is 14.8. The molecule has 0 radical (unpaired) electrons. The highest BCUT2D eigenvalue weighted by atomic mass is 32.1. The Hall–Kier alpha value is -8.97. The van der Waals surface area contributed by atoms with Crippen molar-refractivity contribution in [1.82, 2.24) is 19.5 Å². The van der Waals surface area contributed by atoms with E-state index in [1.165, 1.54) is 57.9 Å². The third kappa shape index (κ3) is 5.86.